The minimum absolute atomic E-state index is 0.842. The van der Waals surface area contributed by atoms with Gasteiger partial charge in [-0.2, -0.15) is 5.26 Å². The van der Waals surface area contributed by atoms with Crippen molar-refractivity contribution in [2.45, 2.75) is 33.2 Å². The van der Waals surface area contributed by atoms with Crippen LogP contribution < -0.4 is 4.90 Å². The Hall–Kier alpha value is -3.63. The average Bonchev–Trinajstić information content (AvgIpc) is 2.95. The molecular weight excluding hydrogens is 458 g/mol. The molecule has 0 N–H and O–H groups in total. The van der Waals surface area contributed by atoms with Gasteiger partial charge < -0.3 is 14.7 Å². The number of benzene rings is 1. The van der Waals surface area contributed by atoms with E-state index in [4.69, 9.17) is 0 Å². The van der Waals surface area contributed by atoms with Gasteiger partial charge in [0.05, 0.1) is 17.5 Å². The molecule has 2 saturated heterocycles. The molecular formula is C30H37N7. The third-order valence-electron chi connectivity index (χ3n) is 7.88. The van der Waals surface area contributed by atoms with E-state index >= 15 is 0 Å². The molecule has 7 heteroatoms. The number of piperazine rings is 2. The van der Waals surface area contributed by atoms with E-state index in [2.05, 4.69) is 80.3 Å². The number of hydrogen-bond donors (Lipinski definition) is 0. The van der Waals surface area contributed by atoms with Crippen LogP contribution in [0.5, 0.6) is 0 Å². The maximum Gasteiger partial charge on any atom is 0.147 e. The van der Waals surface area contributed by atoms with Crippen molar-refractivity contribution < 1.29 is 0 Å². The van der Waals surface area contributed by atoms with Gasteiger partial charge in [0.1, 0.15) is 11.9 Å². The van der Waals surface area contributed by atoms with Crippen LogP contribution in [-0.4, -0.2) is 77.0 Å². The van der Waals surface area contributed by atoms with Crippen molar-refractivity contribution in [2.75, 3.05) is 57.3 Å². The van der Waals surface area contributed by atoms with Crippen molar-refractivity contribution in [3.63, 3.8) is 0 Å². The summed E-state index contributed by atoms with van der Waals surface area (Å²) in [4.78, 5) is 18.3. The Morgan fingerprint density at radius 1 is 0.919 bits per heavy atom. The Labute approximate surface area is 221 Å². The molecule has 3 aliphatic rings. The first-order chi connectivity index (χ1) is 18.0. The van der Waals surface area contributed by atoms with Gasteiger partial charge in [-0.05, 0) is 49.4 Å². The number of nitrogens with zero attached hydrogens (tertiary/aromatic N) is 7. The number of nitriles is 1. The quantitative estimate of drug-likeness (QED) is 0.597. The Kier molecular flexibility index (Phi) is 7.57. The van der Waals surface area contributed by atoms with Crippen LogP contribution in [0.1, 0.15) is 35.1 Å². The molecule has 2 aliphatic heterocycles. The van der Waals surface area contributed by atoms with Crippen molar-refractivity contribution >= 4 is 11.5 Å². The van der Waals surface area contributed by atoms with E-state index in [1.807, 2.05) is 6.20 Å². The summed E-state index contributed by atoms with van der Waals surface area (Å²) >= 11 is 0. The van der Waals surface area contributed by atoms with Crippen LogP contribution in [-0.2, 0) is 6.54 Å². The minimum Gasteiger partial charge on any atom is -0.368 e. The molecule has 0 bridgehead atoms. The molecule has 192 valence electrons. The van der Waals surface area contributed by atoms with Crippen LogP contribution in [0, 0.1) is 25.2 Å². The van der Waals surface area contributed by atoms with E-state index < -0.39 is 0 Å². The molecule has 0 amide bonds. The Morgan fingerprint density at radius 2 is 1.65 bits per heavy atom. The van der Waals surface area contributed by atoms with E-state index in [1.165, 1.54) is 22.3 Å². The highest BCUT2D eigenvalue weighted by Gasteiger charge is 2.24. The van der Waals surface area contributed by atoms with Crippen molar-refractivity contribution in [3.05, 3.63) is 83.0 Å². The van der Waals surface area contributed by atoms with E-state index in [0.717, 1.165) is 94.5 Å². The lowest BCUT2D eigenvalue weighted by molar-refractivity contribution is 0.154. The SMILES string of the molecule is C=C(c1cc(CN2CCN(C3=CCCC=C3C#N)CC2)c(C)cc1C)N1CCN(c2cnccn2)CC1. The second kappa shape index (κ2) is 11.2. The standard InChI is InChI=1S/C30H37N7/c1-23-18-24(2)28(25(3)35-14-16-37(17-15-35)30-21-32-8-9-33-30)19-27(23)22-34-10-12-36(13-11-34)29-7-5-4-6-26(29)20-31/h6-9,18-19,21H,3-5,10-17,22H2,1-2H3. The van der Waals surface area contributed by atoms with Crippen molar-refractivity contribution in [1.29, 1.82) is 5.26 Å². The molecule has 2 fully saturated rings. The summed E-state index contributed by atoms with van der Waals surface area (Å²) in [5.41, 5.74) is 8.35. The Morgan fingerprint density at radius 3 is 2.35 bits per heavy atom. The molecule has 0 unspecified atom stereocenters. The lowest BCUT2D eigenvalue weighted by Gasteiger charge is -2.39. The highest BCUT2D eigenvalue weighted by atomic mass is 15.3. The maximum absolute atomic E-state index is 9.51. The highest BCUT2D eigenvalue weighted by Crippen LogP contribution is 2.28. The van der Waals surface area contributed by atoms with Crippen molar-refractivity contribution in [2.24, 2.45) is 0 Å². The molecule has 0 spiro atoms. The fourth-order valence-corrected chi connectivity index (χ4v) is 5.66. The molecule has 7 nitrogen and oxygen atoms in total. The number of anilines is 1. The zero-order chi connectivity index (χ0) is 25.8. The van der Waals surface area contributed by atoms with Gasteiger partial charge in [0.15, 0.2) is 0 Å². The molecule has 1 aliphatic carbocycles. The first kappa shape index (κ1) is 25.0. The van der Waals surface area contributed by atoms with Gasteiger partial charge in [-0.25, -0.2) is 4.98 Å². The number of aryl methyl sites for hydroxylation is 2. The normalized spacial score (nSPS) is 18.8. The zero-order valence-corrected chi connectivity index (χ0v) is 22.2. The first-order valence-electron chi connectivity index (χ1n) is 13.4. The second-order valence-corrected chi connectivity index (χ2v) is 10.2. The van der Waals surface area contributed by atoms with Crippen molar-refractivity contribution in [3.8, 4) is 6.07 Å². The van der Waals surface area contributed by atoms with Crippen LogP contribution in [0.25, 0.3) is 5.70 Å². The first-order valence-corrected chi connectivity index (χ1v) is 13.4. The number of aromatic nitrogens is 2. The Balaban J connectivity index is 1.21. The molecule has 1 aromatic carbocycles. The summed E-state index contributed by atoms with van der Waals surface area (Å²) in [7, 11) is 0. The lowest BCUT2D eigenvalue weighted by Crippen LogP contribution is -2.46. The summed E-state index contributed by atoms with van der Waals surface area (Å²) < 4.78 is 0. The van der Waals surface area contributed by atoms with Gasteiger partial charge in [0, 0.05) is 82.6 Å². The monoisotopic (exact) mass is 495 g/mol. The molecule has 0 radical (unpaired) electrons. The van der Waals surface area contributed by atoms with Crippen LogP contribution >= 0.6 is 0 Å². The highest BCUT2D eigenvalue weighted by molar-refractivity contribution is 5.66. The third-order valence-corrected chi connectivity index (χ3v) is 7.88. The number of allylic oxidation sites excluding steroid dienone is 3. The summed E-state index contributed by atoms with van der Waals surface area (Å²) in [6.45, 7) is 17.5. The van der Waals surface area contributed by atoms with Crippen molar-refractivity contribution in [1.82, 2.24) is 24.7 Å². The predicted molar refractivity (Wildman–Crippen MR) is 149 cm³/mol. The van der Waals surface area contributed by atoms with Gasteiger partial charge in [-0.15, -0.1) is 0 Å². The van der Waals surface area contributed by atoms with E-state index in [9.17, 15) is 5.26 Å². The maximum atomic E-state index is 9.51. The largest absolute Gasteiger partial charge is 0.368 e. The van der Waals surface area contributed by atoms with Crippen LogP contribution in [0.2, 0.25) is 0 Å². The van der Waals surface area contributed by atoms with Crippen LogP contribution in [0.4, 0.5) is 5.82 Å². The molecule has 0 atom stereocenters. The van der Waals surface area contributed by atoms with Gasteiger partial charge >= 0.3 is 0 Å². The topological polar surface area (TPSA) is 62.5 Å². The summed E-state index contributed by atoms with van der Waals surface area (Å²) in [5.74, 6) is 0.946. The molecule has 1 aromatic heterocycles. The second-order valence-electron chi connectivity index (χ2n) is 10.2. The smallest absolute Gasteiger partial charge is 0.147 e. The Bertz CT molecular complexity index is 1220. The van der Waals surface area contributed by atoms with Crippen LogP contribution in [0.15, 0.2) is 60.7 Å². The van der Waals surface area contributed by atoms with E-state index in [-0.39, 0.29) is 0 Å². The number of hydrogen-bond acceptors (Lipinski definition) is 7. The van der Waals surface area contributed by atoms with E-state index in [1.54, 1.807) is 12.4 Å². The fraction of sp³-hybridized carbons (Fsp3) is 0.433. The fourth-order valence-electron chi connectivity index (χ4n) is 5.66. The van der Waals surface area contributed by atoms with Gasteiger partial charge in [0.2, 0.25) is 0 Å². The summed E-state index contributed by atoms with van der Waals surface area (Å²) in [6.07, 6.45) is 11.6. The minimum atomic E-state index is 0.842. The van der Waals surface area contributed by atoms with Gasteiger partial charge in [-0.3, -0.25) is 9.88 Å². The van der Waals surface area contributed by atoms with Crippen LogP contribution in [0.3, 0.4) is 0 Å². The molecule has 2 aromatic rings. The molecule has 3 heterocycles. The average molecular weight is 496 g/mol. The van der Waals surface area contributed by atoms with Gasteiger partial charge in [0.25, 0.3) is 0 Å². The molecule has 5 rings (SSSR count). The molecule has 37 heavy (non-hydrogen) atoms. The van der Waals surface area contributed by atoms with E-state index in [0.29, 0.717) is 0 Å². The molecule has 0 saturated carbocycles. The number of rotatable bonds is 6. The predicted octanol–water partition coefficient (Wildman–Crippen LogP) is 4.13. The van der Waals surface area contributed by atoms with Gasteiger partial charge in [-0.1, -0.05) is 24.8 Å². The lowest BCUT2D eigenvalue weighted by atomic mass is 9.97. The summed E-state index contributed by atoms with van der Waals surface area (Å²) in [5, 5.41) is 9.51. The zero-order valence-electron chi connectivity index (χ0n) is 22.2. The summed E-state index contributed by atoms with van der Waals surface area (Å²) in [6, 6.07) is 7.07. The third kappa shape index (κ3) is 5.55.